The molecule has 2 aromatic rings. The zero-order chi connectivity index (χ0) is 12.4. The van der Waals surface area contributed by atoms with Crippen molar-refractivity contribution >= 4 is 34.2 Å². The van der Waals surface area contributed by atoms with Crippen LogP contribution in [0.25, 0.3) is 0 Å². The van der Waals surface area contributed by atoms with Crippen LogP contribution >= 0.6 is 34.2 Å². The Morgan fingerprint density at radius 3 is 2.94 bits per heavy atom. The van der Waals surface area contributed by atoms with E-state index in [4.69, 9.17) is 11.6 Å². The minimum atomic E-state index is -0.428. The molecule has 0 aliphatic heterocycles. The lowest BCUT2D eigenvalue weighted by molar-refractivity contribution is 0.593. The van der Waals surface area contributed by atoms with Crippen molar-refractivity contribution in [3.05, 3.63) is 61.1 Å². The van der Waals surface area contributed by atoms with Gasteiger partial charge in [-0.2, -0.15) is 0 Å². The van der Waals surface area contributed by atoms with Crippen LogP contribution in [0, 0.1) is 9.39 Å². The van der Waals surface area contributed by atoms with Crippen LogP contribution < -0.4 is 5.56 Å². The molecule has 0 atom stereocenters. The van der Waals surface area contributed by atoms with Crippen LogP contribution in [-0.2, 0) is 6.54 Å². The topological polar surface area (TPSA) is 34.9 Å². The van der Waals surface area contributed by atoms with Crippen LogP contribution in [0.4, 0.5) is 4.39 Å². The fourth-order valence-corrected chi connectivity index (χ4v) is 2.08. The molecule has 0 radical (unpaired) electrons. The molecule has 0 saturated heterocycles. The minimum absolute atomic E-state index is 0.0776. The molecule has 1 heterocycles. The van der Waals surface area contributed by atoms with Crippen molar-refractivity contribution in [2.75, 3.05) is 0 Å². The summed E-state index contributed by atoms with van der Waals surface area (Å²) in [7, 11) is 0. The maximum atomic E-state index is 13.5. The van der Waals surface area contributed by atoms with E-state index in [1.54, 1.807) is 6.07 Å². The summed E-state index contributed by atoms with van der Waals surface area (Å²) in [6.45, 7) is 0.0776. The van der Waals surface area contributed by atoms with E-state index in [0.717, 1.165) is 0 Å². The maximum Gasteiger partial charge on any atom is 0.267 e. The first-order valence-corrected chi connectivity index (χ1v) is 6.18. The summed E-state index contributed by atoms with van der Waals surface area (Å²) in [6, 6.07) is 4.43. The van der Waals surface area contributed by atoms with Crippen LogP contribution in [0.15, 0.2) is 35.5 Å². The number of nitrogens with zero attached hydrogens (tertiary/aromatic N) is 2. The summed E-state index contributed by atoms with van der Waals surface area (Å²) >= 11 is 7.78. The van der Waals surface area contributed by atoms with Crippen LogP contribution in [0.2, 0.25) is 5.02 Å². The van der Waals surface area contributed by atoms with Crippen molar-refractivity contribution in [3.63, 3.8) is 0 Å². The van der Waals surface area contributed by atoms with Gasteiger partial charge in [0.15, 0.2) is 0 Å². The Bertz CT molecular complexity index is 594. The third-order valence-electron chi connectivity index (χ3n) is 2.25. The Balaban J connectivity index is 2.45. The molecule has 2 rings (SSSR count). The monoisotopic (exact) mass is 364 g/mol. The summed E-state index contributed by atoms with van der Waals surface area (Å²) in [5.74, 6) is -0.428. The molecular formula is C11H7ClFIN2O. The van der Waals surface area contributed by atoms with Crippen molar-refractivity contribution in [2.45, 2.75) is 6.54 Å². The van der Waals surface area contributed by atoms with E-state index in [1.165, 1.54) is 29.2 Å². The number of benzene rings is 1. The summed E-state index contributed by atoms with van der Waals surface area (Å²) in [5.41, 5.74) is 0.0833. The zero-order valence-corrected chi connectivity index (χ0v) is 11.4. The lowest BCUT2D eigenvalue weighted by Crippen LogP contribution is -2.23. The van der Waals surface area contributed by atoms with E-state index in [-0.39, 0.29) is 12.1 Å². The van der Waals surface area contributed by atoms with Gasteiger partial charge in [0, 0.05) is 16.8 Å². The molecule has 1 aromatic heterocycles. The largest absolute Gasteiger partial charge is 0.294 e. The van der Waals surface area contributed by atoms with Crippen LogP contribution in [0.1, 0.15) is 5.56 Å². The smallest absolute Gasteiger partial charge is 0.267 e. The highest BCUT2D eigenvalue weighted by Crippen LogP contribution is 2.19. The molecule has 17 heavy (non-hydrogen) atoms. The maximum absolute atomic E-state index is 13.5. The normalized spacial score (nSPS) is 10.5. The quantitative estimate of drug-likeness (QED) is 0.768. The molecule has 0 aliphatic rings. The molecule has 1 aromatic carbocycles. The van der Waals surface area contributed by atoms with Crippen LogP contribution in [0.5, 0.6) is 0 Å². The van der Waals surface area contributed by atoms with E-state index in [0.29, 0.717) is 14.2 Å². The van der Waals surface area contributed by atoms with Crippen LogP contribution in [0.3, 0.4) is 0 Å². The van der Waals surface area contributed by atoms with Gasteiger partial charge in [-0.05, 0) is 34.7 Å². The Morgan fingerprint density at radius 1 is 1.47 bits per heavy atom. The highest BCUT2D eigenvalue weighted by molar-refractivity contribution is 14.1. The zero-order valence-electron chi connectivity index (χ0n) is 8.53. The third kappa shape index (κ3) is 2.66. The summed E-state index contributed by atoms with van der Waals surface area (Å²) in [5, 5.41) is 0.302. The van der Waals surface area contributed by atoms with Crippen molar-refractivity contribution in [2.24, 2.45) is 0 Å². The van der Waals surface area contributed by atoms with E-state index in [2.05, 4.69) is 4.98 Å². The first-order chi connectivity index (χ1) is 8.09. The van der Waals surface area contributed by atoms with Crippen molar-refractivity contribution in [3.8, 4) is 0 Å². The molecule has 0 spiro atoms. The standard InChI is InChI=1S/C11H7ClFIN2O/c12-8-2-1-3-9(13)7(8)5-16-6-15-4-10(14)11(16)17/h1-4,6H,5H2. The van der Waals surface area contributed by atoms with Crippen molar-refractivity contribution in [1.29, 1.82) is 0 Å². The molecule has 0 unspecified atom stereocenters. The van der Waals surface area contributed by atoms with Gasteiger partial charge < -0.3 is 0 Å². The molecule has 88 valence electrons. The first kappa shape index (κ1) is 12.5. The highest BCUT2D eigenvalue weighted by Gasteiger charge is 2.09. The summed E-state index contributed by atoms with van der Waals surface area (Å²) in [6.07, 6.45) is 2.83. The van der Waals surface area contributed by atoms with Crippen molar-refractivity contribution in [1.82, 2.24) is 9.55 Å². The Kier molecular flexibility index (Phi) is 3.78. The van der Waals surface area contributed by atoms with E-state index < -0.39 is 5.82 Å². The van der Waals surface area contributed by atoms with E-state index in [9.17, 15) is 9.18 Å². The SMILES string of the molecule is O=c1c(I)cncn1Cc1c(F)cccc1Cl. The second-order valence-electron chi connectivity index (χ2n) is 3.37. The van der Waals surface area contributed by atoms with Crippen LogP contribution in [-0.4, -0.2) is 9.55 Å². The van der Waals surface area contributed by atoms with Gasteiger partial charge in [0.2, 0.25) is 0 Å². The Hall–Kier alpha value is -0.950. The summed E-state index contributed by atoms with van der Waals surface area (Å²) in [4.78, 5) is 15.6. The fourth-order valence-electron chi connectivity index (χ4n) is 1.39. The van der Waals surface area contributed by atoms with Gasteiger partial charge in [-0.15, -0.1) is 0 Å². The molecule has 6 heteroatoms. The molecule has 3 nitrogen and oxygen atoms in total. The lowest BCUT2D eigenvalue weighted by atomic mass is 10.2. The Labute approximate surface area is 115 Å². The molecule has 0 bridgehead atoms. The number of halogens is 3. The van der Waals surface area contributed by atoms with E-state index >= 15 is 0 Å². The molecule has 0 fully saturated rings. The Morgan fingerprint density at radius 2 is 2.24 bits per heavy atom. The number of hydrogen-bond acceptors (Lipinski definition) is 2. The van der Waals surface area contributed by atoms with Gasteiger partial charge in [0.05, 0.1) is 16.4 Å². The first-order valence-electron chi connectivity index (χ1n) is 4.72. The lowest BCUT2D eigenvalue weighted by Gasteiger charge is -2.08. The minimum Gasteiger partial charge on any atom is -0.294 e. The van der Waals surface area contributed by atoms with Gasteiger partial charge in [-0.25, -0.2) is 9.37 Å². The number of aromatic nitrogens is 2. The molecule has 0 N–H and O–H groups in total. The number of rotatable bonds is 2. The molecule has 0 saturated carbocycles. The molecular weight excluding hydrogens is 357 g/mol. The van der Waals surface area contributed by atoms with Gasteiger partial charge >= 0.3 is 0 Å². The highest BCUT2D eigenvalue weighted by atomic mass is 127. The predicted octanol–water partition coefficient (Wildman–Crippen LogP) is 2.69. The van der Waals surface area contributed by atoms with E-state index in [1.807, 2.05) is 22.6 Å². The fraction of sp³-hybridized carbons (Fsp3) is 0.0909. The third-order valence-corrected chi connectivity index (χ3v) is 3.34. The average molecular weight is 365 g/mol. The molecule has 0 amide bonds. The van der Waals surface area contributed by atoms with Gasteiger partial charge in [-0.1, -0.05) is 17.7 Å². The molecule has 0 aliphatic carbocycles. The predicted molar refractivity (Wildman–Crippen MR) is 71.7 cm³/mol. The van der Waals surface area contributed by atoms with Crippen molar-refractivity contribution < 1.29 is 4.39 Å². The van der Waals surface area contributed by atoms with Gasteiger partial charge in [0.25, 0.3) is 5.56 Å². The summed E-state index contributed by atoms with van der Waals surface area (Å²) < 4.78 is 15.4. The van der Waals surface area contributed by atoms with Gasteiger partial charge in [-0.3, -0.25) is 9.36 Å². The van der Waals surface area contributed by atoms with Gasteiger partial charge in [0.1, 0.15) is 5.82 Å². The second-order valence-corrected chi connectivity index (χ2v) is 4.94. The number of hydrogen-bond donors (Lipinski definition) is 0. The second kappa shape index (κ2) is 5.14. The average Bonchev–Trinajstić information content (AvgIpc) is 2.29.